The number of aromatic carboxylic acids is 1. The van der Waals surface area contributed by atoms with Crippen LogP contribution in [-0.2, 0) is 0 Å². The summed E-state index contributed by atoms with van der Waals surface area (Å²) in [5.74, 6) is -0.437. The number of rotatable bonds is 4. The summed E-state index contributed by atoms with van der Waals surface area (Å²) in [7, 11) is 0. The van der Waals surface area contributed by atoms with Crippen molar-refractivity contribution in [3.63, 3.8) is 0 Å². The van der Waals surface area contributed by atoms with E-state index in [2.05, 4.69) is 9.97 Å². The second-order valence-electron chi connectivity index (χ2n) is 3.55. The summed E-state index contributed by atoms with van der Waals surface area (Å²) in [6.07, 6.45) is 3.08. The molecule has 2 aromatic rings. The first-order chi connectivity index (χ1) is 8.70. The van der Waals surface area contributed by atoms with Crippen LogP contribution in [0.5, 0.6) is 5.88 Å². The summed E-state index contributed by atoms with van der Waals surface area (Å²) >= 11 is 0. The van der Waals surface area contributed by atoms with Crippen molar-refractivity contribution in [2.45, 2.75) is 6.92 Å². The molecular formula is C13H12N2O3. The maximum atomic E-state index is 10.9. The van der Waals surface area contributed by atoms with Crippen LogP contribution in [0.15, 0.2) is 36.7 Å². The molecule has 5 heteroatoms. The van der Waals surface area contributed by atoms with Crippen molar-refractivity contribution in [2.24, 2.45) is 0 Å². The predicted molar refractivity (Wildman–Crippen MR) is 65.6 cm³/mol. The Labute approximate surface area is 104 Å². The van der Waals surface area contributed by atoms with E-state index in [1.807, 2.05) is 6.92 Å². The number of carbonyl (C=O) groups is 1. The number of ether oxygens (including phenoxy) is 1. The minimum absolute atomic E-state index is 0.203. The first-order valence-corrected chi connectivity index (χ1v) is 5.49. The summed E-state index contributed by atoms with van der Waals surface area (Å²) in [5.41, 5.74) is 1.53. The molecule has 0 atom stereocenters. The SMILES string of the molecule is CCOc1ccc(-c2cc(C(=O)O)ccn2)cn1. The van der Waals surface area contributed by atoms with E-state index < -0.39 is 5.97 Å². The van der Waals surface area contributed by atoms with E-state index in [0.717, 1.165) is 5.56 Å². The molecule has 0 radical (unpaired) electrons. The Morgan fingerprint density at radius 3 is 2.78 bits per heavy atom. The summed E-state index contributed by atoms with van der Waals surface area (Å²) < 4.78 is 5.23. The minimum atomic E-state index is -0.974. The van der Waals surface area contributed by atoms with Gasteiger partial charge in [0.15, 0.2) is 0 Å². The van der Waals surface area contributed by atoms with Crippen molar-refractivity contribution >= 4 is 5.97 Å². The van der Waals surface area contributed by atoms with Gasteiger partial charge in [0.05, 0.1) is 17.9 Å². The standard InChI is InChI=1S/C13H12N2O3/c1-2-18-12-4-3-10(8-15-12)11-7-9(13(16)17)5-6-14-11/h3-8H,2H2,1H3,(H,16,17). The molecule has 0 saturated carbocycles. The number of carboxylic acid groups (broad SMARTS) is 1. The molecule has 0 fully saturated rings. The minimum Gasteiger partial charge on any atom is -0.478 e. The number of hydrogen-bond acceptors (Lipinski definition) is 4. The average molecular weight is 244 g/mol. The van der Waals surface area contributed by atoms with Gasteiger partial charge in [-0.2, -0.15) is 0 Å². The van der Waals surface area contributed by atoms with Crippen LogP contribution in [0.25, 0.3) is 11.3 Å². The summed E-state index contributed by atoms with van der Waals surface area (Å²) in [6, 6.07) is 6.49. The molecular weight excluding hydrogens is 232 g/mol. The lowest BCUT2D eigenvalue weighted by atomic mass is 10.1. The molecule has 0 spiro atoms. The van der Waals surface area contributed by atoms with Crippen LogP contribution in [0.2, 0.25) is 0 Å². The number of nitrogens with zero attached hydrogens (tertiary/aromatic N) is 2. The van der Waals surface area contributed by atoms with E-state index in [4.69, 9.17) is 9.84 Å². The lowest BCUT2D eigenvalue weighted by Gasteiger charge is -2.04. The topological polar surface area (TPSA) is 72.3 Å². The van der Waals surface area contributed by atoms with Crippen molar-refractivity contribution < 1.29 is 14.6 Å². The number of carboxylic acids is 1. The highest BCUT2D eigenvalue weighted by Gasteiger charge is 2.06. The summed E-state index contributed by atoms with van der Waals surface area (Å²) in [6.45, 7) is 2.44. The molecule has 2 aromatic heterocycles. The Hall–Kier alpha value is -2.43. The molecule has 2 heterocycles. The Kier molecular flexibility index (Phi) is 3.52. The van der Waals surface area contributed by atoms with E-state index in [-0.39, 0.29) is 5.56 Å². The van der Waals surface area contributed by atoms with Gasteiger partial charge < -0.3 is 9.84 Å². The van der Waals surface area contributed by atoms with Crippen molar-refractivity contribution in [3.8, 4) is 17.1 Å². The van der Waals surface area contributed by atoms with Gasteiger partial charge in [-0.25, -0.2) is 9.78 Å². The highest BCUT2D eigenvalue weighted by atomic mass is 16.5. The Bertz CT molecular complexity index is 552. The van der Waals surface area contributed by atoms with E-state index >= 15 is 0 Å². The highest BCUT2D eigenvalue weighted by molar-refractivity contribution is 5.88. The van der Waals surface area contributed by atoms with Crippen LogP contribution >= 0.6 is 0 Å². The average Bonchev–Trinajstić information content (AvgIpc) is 2.40. The number of hydrogen-bond donors (Lipinski definition) is 1. The Morgan fingerprint density at radius 2 is 2.17 bits per heavy atom. The zero-order valence-electron chi connectivity index (χ0n) is 9.83. The monoisotopic (exact) mass is 244 g/mol. The Morgan fingerprint density at radius 1 is 1.33 bits per heavy atom. The molecule has 92 valence electrons. The molecule has 0 aromatic carbocycles. The highest BCUT2D eigenvalue weighted by Crippen LogP contribution is 2.19. The third-order valence-corrected chi connectivity index (χ3v) is 2.33. The zero-order valence-corrected chi connectivity index (χ0v) is 9.83. The largest absolute Gasteiger partial charge is 0.478 e. The van der Waals surface area contributed by atoms with Gasteiger partial charge in [-0.15, -0.1) is 0 Å². The van der Waals surface area contributed by atoms with Gasteiger partial charge in [0.25, 0.3) is 0 Å². The zero-order chi connectivity index (χ0) is 13.0. The second kappa shape index (κ2) is 5.27. The summed E-state index contributed by atoms with van der Waals surface area (Å²) in [5, 5.41) is 8.91. The van der Waals surface area contributed by atoms with Gasteiger partial charge in [0.1, 0.15) is 0 Å². The first kappa shape index (κ1) is 12.0. The normalized spacial score (nSPS) is 10.1. The van der Waals surface area contributed by atoms with E-state index in [1.165, 1.54) is 18.3 Å². The smallest absolute Gasteiger partial charge is 0.335 e. The lowest BCUT2D eigenvalue weighted by Crippen LogP contribution is -1.98. The quantitative estimate of drug-likeness (QED) is 0.892. The fraction of sp³-hybridized carbons (Fsp3) is 0.154. The van der Waals surface area contributed by atoms with Crippen LogP contribution in [0.3, 0.4) is 0 Å². The molecule has 0 aliphatic carbocycles. The van der Waals surface area contributed by atoms with E-state index in [0.29, 0.717) is 18.2 Å². The fourth-order valence-electron chi connectivity index (χ4n) is 1.49. The lowest BCUT2D eigenvalue weighted by molar-refractivity contribution is 0.0697. The van der Waals surface area contributed by atoms with Crippen LogP contribution in [-0.4, -0.2) is 27.7 Å². The number of pyridine rings is 2. The molecule has 5 nitrogen and oxygen atoms in total. The third kappa shape index (κ3) is 2.63. The van der Waals surface area contributed by atoms with Gasteiger partial charge in [0, 0.05) is 24.0 Å². The molecule has 0 saturated heterocycles. The second-order valence-corrected chi connectivity index (χ2v) is 3.55. The van der Waals surface area contributed by atoms with Gasteiger partial charge in [-0.1, -0.05) is 0 Å². The molecule has 0 amide bonds. The van der Waals surface area contributed by atoms with Crippen molar-refractivity contribution in [1.82, 2.24) is 9.97 Å². The Balaban J connectivity index is 2.30. The molecule has 0 unspecified atom stereocenters. The van der Waals surface area contributed by atoms with Crippen LogP contribution < -0.4 is 4.74 Å². The van der Waals surface area contributed by atoms with Crippen molar-refractivity contribution in [1.29, 1.82) is 0 Å². The molecule has 0 aliphatic rings. The first-order valence-electron chi connectivity index (χ1n) is 5.49. The van der Waals surface area contributed by atoms with Crippen LogP contribution in [0.1, 0.15) is 17.3 Å². The van der Waals surface area contributed by atoms with Crippen LogP contribution in [0.4, 0.5) is 0 Å². The van der Waals surface area contributed by atoms with Crippen molar-refractivity contribution in [2.75, 3.05) is 6.61 Å². The molecule has 0 bridgehead atoms. The number of aromatic nitrogens is 2. The predicted octanol–water partition coefficient (Wildman–Crippen LogP) is 2.24. The molecule has 18 heavy (non-hydrogen) atoms. The van der Waals surface area contributed by atoms with Gasteiger partial charge in [-0.05, 0) is 25.1 Å². The maximum Gasteiger partial charge on any atom is 0.335 e. The van der Waals surface area contributed by atoms with Gasteiger partial charge in [0.2, 0.25) is 5.88 Å². The third-order valence-electron chi connectivity index (χ3n) is 2.33. The van der Waals surface area contributed by atoms with Crippen molar-refractivity contribution in [3.05, 3.63) is 42.2 Å². The molecule has 1 N–H and O–H groups in total. The van der Waals surface area contributed by atoms with Gasteiger partial charge >= 0.3 is 5.97 Å². The molecule has 2 rings (SSSR count). The van der Waals surface area contributed by atoms with Gasteiger partial charge in [-0.3, -0.25) is 4.98 Å². The van der Waals surface area contributed by atoms with E-state index in [9.17, 15) is 4.79 Å². The molecule has 0 aliphatic heterocycles. The maximum absolute atomic E-state index is 10.9. The van der Waals surface area contributed by atoms with Crippen LogP contribution in [0, 0.1) is 0 Å². The van der Waals surface area contributed by atoms with E-state index in [1.54, 1.807) is 18.3 Å². The fourth-order valence-corrected chi connectivity index (χ4v) is 1.49. The summed E-state index contributed by atoms with van der Waals surface area (Å²) in [4.78, 5) is 19.1.